The molecule has 1 N–H and O–H groups in total. The van der Waals surface area contributed by atoms with Gasteiger partial charge < -0.3 is 10.1 Å². The molecular weight excluding hydrogens is 386 g/mol. The lowest BCUT2D eigenvalue weighted by molar-refractivity contribution is 0.0951. The first-order chi connectivity index (χ1) is 12.0. The second-order valence-electron chi connectivity index (χ2n) is 4.98. The highest BCUT2D eigenvalue weighted by atomic mass is 35.5. The van der Waals surface area contributed by atoms with Crippen molar-refractivity contribution < 1.29 is 13.9 Å². The van der Waals surface area contributed by atoms with Gasteiger partial charge >= 0.3 is 0 Å². The number of carbonyl (C=O) groups excluding carboxylic acids is 1. The summed E-state index contributed by atoms with van der Waals surface area (Å²) < 4.78 is 19.3. The Kier molecular flexibility index (Phi) is 5.53. The van der Waals surface area contributed by atoms with Gasteiger partial charge in [0.25, 0.3) is 5.91 Å². The van der Waals surface area contributed by atoms with Gasteiger partial charge in [0.05, 0.1) is 9.90 Å². The summed E-state index contributed by atoms with van der Waals surface area (Å²) in [6.45, 7) is 0.269. The van der Waals surface area contributed by atoms with Crippen molar-refractivity contribution in [1.82, 2.24) is 10.3 Å². The van der Waals surface area contributed by atoms with Crippen LogP contribution in [0.4, 0.5) is 4.39 Å². The van der Waals surface area contributed by atoms with Crippen molar-refractivity contribution in [2.75, 3.05) is 0 Å². The van der Waals surface area contributed by atoms with Crippen molar-refractivity contribution in [2.45, 2.75) is 6.54 Å². The van der Waals surface area contributed by atoms with Gasteiger partial charge in [-0.25, -0.2) is 9.37 Å². The van der Waals surface area contributed by atoms with E-state index in [1.807, 2.05) is 0 Å². The lowest BCUT2D eigenvalue weighted by atomic mass is 10.2. The number of ether oxygens (including phenoxy) is 1. The molecule has 4 nitrogen and oxygen atoms in total. The summed E-state index contributed by atoms with van der Waals surface area (Å²) in [6, 6.07) is 10.6. The van der Waals surface area contributed by atoms with Crippen molar-refractivity contribution in [1.29, 1.82) is 0 Å². The van der Waals surface area contributed by atoms with Gasteiger partial charge in [-0.15, -0.1) is 11.3 Å². The second kappa shape index (κ2) is 7.82. The molecule has 3 aromatic rings. The molecule has 2 heterocycles. The van der Waals surface area contributed by atoms with Gasteiger partial charge in [0.15, 0.2) is 0 Å². The fourth-order valence-corrected chi connectivity index (χ4v) is 3.47. The number of nitrogens with one attached hydrogen (secondary N) is 1. The first kappa shape index (κ1) is 17.7. The standard InChI is InChI=1S/C17H11Cl2FN2O2S/c18-14-8-13(16(19)25-14)17(23)22-9-10-5-6-21-15(7-10)24-12-3-1-11(20)2-4-12/h1-8H,9H2,(H,22,23). The average Bonchev–Trinajstić information content (AvgIpc) is 2.94. The predicted molar refractivity (Wildman–Crippen MR) is 96.2 cm³/mol. The second-order valence-corrected chi connectivity index (χ2v) is 7.26. The first-order valence-corrected chi connectivity index (χ1v) is 8.70. The zero-order valence-electron chi connectivity index (χ0n) is 12.6. The van der Waals surface area contributed by atoms with Crippen LogP contribution in [0.1, 0.15) is 15.9 Å². The fraction of sp³-hybridized carbons (Fsp3) is 0.0588. The van der Waals surface area contributed by atoms with E-state index in [0.29, 0.717) is 25.9 Å². The monoisotopic (exact) mass is 396 g/mol. The number of carbonyl (C=O) groups is 1. The van der Waals surface area contributed by atoms with Gasteiger partial charge in [-0.2, -0.15) is 0 Å². The molecule has 0 aliphatic rings. The molecule has 0 saturated heterocycles. The van der Waals surface area contributed by atoms with Crippen molar-refractivity contribution >= 4 is 40.4 Å². The van der Waals surface area contributed by atoms with E-state index in [9.17, 15) is 9.18 Å². The summed E-state index contributed by atoms with van der Waals surface area (Å²) in [7, 11) is 0. The van der Waals surface area contributed by atoms with Crippen LogP contribution in [0.15, 0.2) is 48.7 Å². The highest BCUT2D eigenvalue weighted by molar-refractivity contribution is 7.20. The maximum atomic E-state index is 12.9. The number of hydrogen-bond donors (Lipinski definition) is 1. The molecule has 0 atom stereocenters. The molecule has 0 radical (unpaired) electrons. The van der Waals surface area contributed by atoms with Gasteiger partial charge in [0.1, 0.15) is 15.9 Å². The Bertz CT molecular complexity index is 900. The Morgan fingerprint density at radius 1 is 1.20 bits per heavy atom. The van der Waals surface area contributed by atoms with Crippen molar-refractivity contribution in [2.24, 2.45) is 0 Å². The number of benzene rings is 1. The Morgan fingerprint density at radius 2 is 1.96 bits per heavy atom. The largest absolute Gasteiger partial charge is 0.439 e. The van der Waals surface area contributed by atoms with Gasteiger partial charge in [-0.3, -0.25) is 4.79 Å². The summed E-state index contributed by atoms with van der Waals surface area (Å²) in [5.74, 6) is 0.152. The lowest BCUT2D eigenvalue weighted by Crippen LogP contribution is -2.22. The molecule has 1 amide bonds. The Balaban J connectivity index is 1.64. The fourth-order valence-electron chi connectivity index (χ4n) is 2.01. The predicted octanol–water partition coefficient (Wildman–Crippen LogP) is 5.31. The van der Waals surface area contributed by atoms with Gasteiger partial charge in [-0.1, -0.05) is 23.2 Å². The van der Waals surface area contributed by atoms with Gasteiger partial charge in [0.2, 0.25) is 5.88 Å². The quantitative estimate of drug-likeness (QED) is 0.635. The number of thiophene rings is 1. The number of nitrogens with zero attached hydrogens (tertiary/aromatic N) is 1. The van der Waals surface area contributed by atoms with Crippen LogP contribution in [-0.4, -0.2) is 10.9 Å². The van der Waals surface area contributed by atoms with Crippen LogP contribution in [0, 0.1) is 5.82 Å². The van der Waals surface area contributed by atoms with E-state index in [-0.39, 0.29) is 18.3 Å². The molecule has 0 saturated carbocycles. The van der Waals surface area contributed by atoms with Crippen molar-refractivity contribution in [3.05, 3.63) is 74.3 Å². The maximum absolute atomic E-state index is 12.9. The van der Waals surface area contributed by atoms with E-state index in [1.54, 1.807) is 18.3 Å². The Morgan fingerprint density at radius 3 is 2.64 bits per heavy atom. The number of aromatic nitrogens is 1. The van der Waals surface area contributed by atoms with Crippen molar-refractivity contribution in [3.8, 4) is 11.6 Å². The van der Waals surface area contributed by atoms with Crippen LogP contribution in [0.25, 0.3) is 0 Å². The van der Waals surface area contributed by atoms with E-state index in [2.05, 4.69) is 10.3 Å². The minimum absolute atomic E-state index is 0.269. The zero-order chi connectivity index (χ0) is 17.8. The minimum atomic E-state index is -0.344. The molecule has 0 bridgehead atoms. The smallest absolute Gasteiger partial charge is 0.253 e. The molecule has 0 aliphatic heterocycles. The number of halogens is 3. The summed E-state index contributed by atoms with van der Waals surface area (Å²) in [6.07, 6.45) is 1.56. The van der Waals surface area contributed by atoms with E-state index in [4.69, 9.17) is 27.9 Å². The number of pyridine rings is 1. The summed E-state index contributed by atoms with van der Waals surface area (Å²) >= 11 is 12.9. The molecule has 0 unspecified atom stereocenters. The van der Waals surface area contributed by atoms with Crippen LogP contribution in [0.2, 0.25) is 8.67 Å². The average molecular weight is 397 g/mol. The SMILES string of the molecule is O=C(NCc1ccnc(Oc2ccc(F)cc2)c1)c1cc(Cl)sc1Cl. The summed E-state index contributed by atoms with van der Waals surface area (Å²) in [4.78, 5) is 16.2. The van der Waals surface area contributed by atoms with Crippen LogP contribution in [0.3, 0.4) is 0 Å². The Labute approximate surface area is 157 Å². The number of amides is 1. The van der Waals surface area contributed by atoms with Crippen LogP contribution in [-0.2, 0) is 6.54 Å². The highest BCUT2D eigenvalue weighted by Crippen LogP contribution is 2.31. The topological polar surface area (TPSA) is 51.2 Å². The number of hydrogen-bond acceptors (Lipinski definition) is 4. The molecule has 0 spiro atoms. The van der Waals surface area contributed by atoms with Crippen molar-refractivity contribution in [3.63, 3.8) is 0 Å². The maximum Gasteiger partial charge on any atom is 0.253 e. The van der Waals surface area contributed by atoms with Crippen LogP contribution < -0.4 is 10.1 Å². The molecule has 0 aliphatic carbocycles. The Hall–Kier alpha value is -2.15. The minimum Gasteiger partial charge on any atom is -0.439 e. The molecular formula is C17H11Cl2FN2O2S. The molecule has 25 heavy (non-hydrogen) atoms. The molecule has 128 valence electrons. The molecule has 1 aromatic carbocycles. The third-order valence-corrected chi connectivity index (χ3v) is 4.68. The van der Waals surface area contributed by atoms with Crippen LogP contribution in [0.5, 0.6) is 11.6 Å². The molecule has 8 heteroatoms. The third-order valence-electron chi connectivity index (χ3n) is 3.19. The van der Waals surface area contributed by atoms with E-state index < -0.39 is 0 Å². The summed E-state index contributed by atoms with van der Waals surface area (Å²) in [5.41, 5.74) is 1.13. The summed E-state index contributed by atoms with van der Waals surface area (Å²) in [5, 5.41) is 2.76. The first-order valence-electron chi connectivity index (χ1n) is 7.12. The normalized spacial score (nSPS) is 10.5. The molecule has 0 fully saturated rings. The van der Waals surface area contributed by atoms with Gasteiger partial charge in [0, 0.05) is 18.8 Å². The van der Waals surface area contributed by atoms with E-state index in [0.717, 1.165) is 16.9 Å². The highest BCUT2D eigenvalue weighted by Gasteiger charge is 2.14. The molecule has 3 rings (SSSR count). The van der Waals surface area contributed by atoms with E-state index in [1.165, 1.54) is 30.3 Å². The lowest BCUT2D eigenvalue weighted by Gasteiger charge is -2.08. The third kappa shape index (κ3) is 4.69. The molecule has 2 aromatic heterocycles. The zero-order valence-corrected chi connectivity index (χ0v) is 15.0. The van der Waals surface area contributed by atoms with E-state index >= 15 is 0 Å². The van der Waals surface area contributed by atoms with Gasteiger partial charge in [-0.05, 0) is 42.0 Å². The number of rotatable bonds is 5. The van der Waals surface area contributed by atoms with Crippen LogP contribution >= 0.6 is 34.5 Å².